The molecule has 0 atom stereocenters. The van der Waals surface area contributed by atoms with Gasteiger partial charge in [-0.25, -0.2) is 0 Å². The van der Waals surface area contributed by atoms with Crippen molar-refractivity contribution in [3.05, 3.63) is 52.0 Å². The number of anilines is 3. The van der Waals surface area contributed by atoms with Crippen LogP contribution < -0.4 is 16.4 Å². The summed E-state index contributed by atoms with van der Waals surface area (Å²) in [5, 5.41) is 7.32. The van der Waals surface area contributed by atoms with Gasteiger partial charge in [0.1, 0.15) is 0 Å². The average Bonchev–Trinajstić information content (AvgIpc) is 2.60. The summed E-state index contributed by atoms with van der Waals surface area (Å²) in [6.45, 7) is 0. The van der Waals surface area contributed by atoms with E-state index in [1.807, 2.05) is 0 Å². The first-order chi connectivity index (χ1) is 12.0. The summed E-state index contributed by atoms with van der Waals surface area (Å²) in [7, 11) is 0. The van der Waals surface area contributed by atoms with Crippen LogP contribution in [0.25, 0.3) is 0 Å². The standard InChI is InChI=1S/C19H21Cl2N3O/c20-13-8-6-12(7-9-13)19(25)24-17-11-18(16(22)10-15(17)21)23-14-4-2-1-3-5-14/h6-11,14,23H,1-5,22H2,(H,24,25). The Morgan fingerprint density at radius 1 is 1.00 bits per heavy atom. The van der Waals surface area contributed by atoms with Crippen molar-refractivity contribution in [3.63, 3.8) is 0 Å². The quantitative estimate of drug-likeness (QED) is 0.609. The number of nitrogens with two attached hydrogens (primary N) is 1. The van der Waals surface area contributed by atoms with E-state index in [4.69, 9.17) is 28.9 Å². The van der Waals surface area contributed by atoms with E-state index in [1.165, 1.54) is 19.3 Å². The van der Waals surface area contributed by atoms with Crippen LogP contribution in [-0.4, -0.2) is 11.9 Å². The second kappa shape index (κ2) is 7.98. The van der Waals surface area contributed by atoms with Gasteiger partial charge in [0.25, 0.3) is 5.91 Å². The third-order valence-corrected chi connectivity index (χ3v) is 5.02. The Morgan fingerprint density at radius 2 is 1.68 bits per heavy atom. The Balaban J connectivity index is 1.77. The van der Waals surface area contributed by atoms with E-state index in [9.17, 15) is 4.79 Å². The molecule has 1 amide bonds. The van der Waals surface area contributed by atoms with E-state index in [2.05, 4.69) is 10.6 Å². The second-order valence-corrected chi connectivity index (χ2v) is 7.20. The maximum Gasteiger partial charge on any atom is 0.255 e. The molecule has 132 valence electrons. The molecule has 4 nitrogen and oxygen atoms in total. The lowest BCUT2D eigenvalue weighted by atomic mass is 9.95. The number of hydrogen-bond acceptors (Lipinski definition) is 3. The first kappa shape index (κ1) is 17.9. The van der Waals surface area contributed by atoms with Crippen molar-refractivity contribution < 1.29 is 4.79 Å². The van der Waals surface area contributed by atoms with Gasteiger partial charge in [0.15, 0.2) is 0 Å². The Labute approximate surface area is 157 Å². The van der Waals surface area contributed by atoms with E-state index in [0.717, 1.165) is 18.5 Å². The maximum atomic E-state index is 12.4. The second-order valence-electron chi connectivity index (χ2n) is 6.36. The molecule has 1 aliphatic carbocycles. The highest BCUT2D eigenvalue weighted by Crippen LogP contribution is 2.33. The zero-order valence-electron chi connectivity index (χ0n) is 13.8. The Morgan fingerprint density at radius 3 is 2.36 bits per heavy atom. The Kier molecular flexibility index (Phi) is 5.71. The van der Waals surface area contributed by atoms with E-state index >= 15 is 0 Å². The van der Waals surface area contributed by atoms with Crippen LogP contribution in [0.3, 0.4) is 0 Å². The van der Waals surface area contributed by atoms with Gasteiger partial charge in [-0.15, -0.1) is 0 Å². The van der Waals surface area contributed by atoms with Crippen LogP contribution in [0.2, 0.25) is 10.0 Å². The summed E-state index contributed by atoms with van der Waals surface area (Å²) in [4.78, 5) is 12.4. The van der Waals surface area contributed by atoms with E-state index in [0.29, 0.717) is 33.0 Å². The predicted octanol–water partition coefficient (Wildman–Crippen LogP) is 5.57. The zero-order chi connectivity index (χ0) is 17.8. The van der Waals surface area contributed by atoms with E-state index in [-0.39, 0.29) is 5.91 Å². The van der Waals surface area contributed by atoms with Crippen LogP contribution in [0.15, 0.2) is 36.4 Å². The largest absolute Gasteiger partial charge is 0.397 e. The van der Waals surface area contributed by atoms with Crippen LogP contribution in [0.1, 0.15) is 42.5 Å². The van der Waals surface area contributed by atoms with E-state index < -0.39 is 0 Å². The van der Waals surface area contributed by atoms with Crippen molar-refractivity contribution in [1.29, 1.82) is 0 Å². The highest BCUT2D eigenvalue weighted by molar-refractivity contribution is 6.34. The highest BCUT2D eigenvalue weighted by atomic mass is 35.5. The first-order valence-corrected chi connectivity index (χ1v) is 9.21. The summed E-state index contributed by atoms with van der Waals surface area (Å²) in [6, 6.07) is 10.6. The molecule has 2 aromatic carbocycles. The molecule has 3 rings (SSSR count). The molecule has 1 fully saturated rings. The minimum Gasteiger partial charge on any atom is -0.397 e. The molecule has 0 aliphatic heterocycles. The van der Waals surface area contributed by atoms with Gasteiger partial charge in [0.2, 0.25) is 0 Å². The summed E-state index contributed by atoms with van der Waals surface area (Å²) >= 11 is 12.1. The van der Waals surface area contributed by atoms with Crippen molar-refractivity contribution in [2.24, 2.45) is 0 Å². The number of carbonyl (C=O) groups is 1. The fourth-order valence-electron chi connectivity index (χ4n) is 3.07. The molecule has 1 aliphatic rings. The molecule has 25 heavy (non-hydrogen) atoms. The fourth-order valence-corrected chi connectivity index (χ4v) is 3.42. The molecular formula is C19H21Cl2N3O. The van der Waals surface area contributed by atoms with Crippen molar-refractivity contribution in [1.82, 2.24) is 0 Å². The van der Waals surface area contributed by atoms with Crippen molar-refractivity contribution in [3.8, 4) is 0 Å². The maximum absolute atomic E-state index is 12.4. The van der Waals surface area contributed by atoms with Gasteiger partial charge in [-0.1, -0.05) is 42.5 Å². The van der Waals surface area contributed by atoms with Crippen molar-refractivity contribution >= 4 is 46.2 Å². The molecule has 2 aromatic rings. The molecule has 1 saturated carbocycles. The van der Waals surface area contributed by atoms with Crippen LogP contribution in [0.4, 0.5) is 17.1 Å². The first-order valence-electron chi connectivity index (χ1n) is 8.45. The lowest BCUT2D eigenvalue weighted by Crippen LogP contribution is -2.23. The summed E-state index contributed by atoms with van der Waals surface area (Å²) in [5.74, 6) is -0.244. The predicted molar refractivity (Wildman–Crippen MR) is 106 cm³/mol. The van der Waals surface area contributed by atoms with E-state index in [1.54, 1.807) is 36.4 Å². The van der Waals surface area contributed by atoms with Gasteiger partial charge in [-0.2, -0.15) is 0 Å². The topological polar surface area (TPSA) is 67.1 Å². The van der Waals surface area contributed by atoms with Crippen LogP contribution >= 0.6 is 23.2 Å². The SMILES string of the molecule is Nc1cc(Cl)c(NC(=O)c2ccc(Cl)cc2)cc1NC1CCCCC1. The molecule has 0 aromatic heterocycles. The van der Waals surface area contributed by atoms with Gasteiger partial charge in [0.05, 0.1) is 22.1 Å². The molecular weight excluding hydrogens is 357 g/mol. The van der Waals surface area contributed by atoms with Crippen molar-refractivity contribution in [2.45, 2.75) is 38.1 Å². The average molecular weight is 378 g/mol. The minimum absolute atomic E-state index is 0.244. The number of nitrogens with one attached hydrogen (secondary N) is 2. The smallest absolute Gasteiger partial charge is 0.255 e. The number of nitrogen functional groups attached to an aromatic ring is 1. The molecule has 0 heterocycles. The summed E-state index contributed by atoms with van der Waals surface area (Å²) in [5.41, 5.74) is 8.53. The normalized spacial score (nSPS) is 15.0. The molecule has 0 radical (unpaired) electrons. The van der Waals surface area contributed by atoms with Gasteiger partial charge in [0, 0.05) is 16.6 Å². The third kappa shape index (κ3) is 4.59. The highest BCUT2D eigenvalue weighted by Gasteiger charge is 2.16. The summed E-state index contributed by atoms with van der Waals surface area (Å²) < 4.78 is 0. The van der Waals surface area contributed by atoms with Gasteiger partial charge < -0.3 is 16.4 Å². The van der Waals surface area contributed by atoms with Gasteiger partial charge in [-0.05, 0) is 49.2 Å². The Bertz CT molecular complexity index is 756. The van der Waals surface area contributed by atoms with Gasteiger partial charge >= 0.3 is 0 Å². The molecule has 0 unspecified atom stereocenters. The molecule has 0 saturated heterocycles. The number of rotatable bonds is 4. The lowest BCUT2D eigenvalue weighted by molar-refractivity contribution is 0.102. The third-order valence-electron chi connectivity index (χ3n) is 4.46. The molecule has 0 spiro atoms. The lowest BCUT2D eigenvalue weighted by Gasteiger charge is -2.25. The van der Waals surface area contributed by atoms with Crippen LogP contribution in [-0.2, 0) is 0 Å². The number of benzene rings is 2. The Hall–Kier alpha value is -1.91. The number of halogens is 2. The molecule has 0 bridgehead atoms. The number of amides is 1. The molecule has 6 heteroatoms. The van der Waals surface area contributed by atoms with Crippen molar-refractivity contribution in [2.75, 3.05) is 16.4 Å². The summed E-state index contributed by atoms with van der Waals surface area (Å²) in [6.07, 6.45) is 6.01. The fraction of sp³-hybridized carbons (Fsp3) is 0.316. The van der Waals surface area contributed by atoms with Gasteiger partial charge in [-0.3, -0.25) is 4.79 Å². The number of carbonyl (C=O) groups excluding carboxylic acids is 1. The van der Waals surface area contributed by atoms with Crippen LogP contribution in [0.5, 0.6) is 0 Å². The monoisotopic (exact) mass is 377 g/mol. The number of hydrogen-bond donors (Lipinski definition) is 3. The zero-order valence-corrected chi connectivity index (χ0v) is 15.3. The minimum atomic E-state index is -0.244. The van der Waals surface area contributed by atoms with Crippen LogP contribution in [0, 0.1) is 0 Å². The molecule has 4 N–H and O–H groups in total.